The first-order valence-electron chi connectivity index (χ1n) is 13.1. The third kappa shape index (κ3) is 9.84. The van der Waals surface area contributed by atoms with Crippen molar-refractivity contribution in [2.24, 2.45) is 5.92 Å². The standard InChI is InChI=1S/C30H40O8/c1-5-7-8-9-23-10-11-28(24(6-2)14-23)25-15-26(35-12-13-36-29(33)21(3)18-31)17-27(16-25)37-20-38-30(34)22(4)19-32/h10-11,14-17,21,31-32H,4-9,12-13,18-20H2,1-3H3. The largest absolute Gasteiger partial charge is 0.490 e. The van der Waals surface area contributed by atoms with Crippen LogP contribution in [0.25, 0.3) is 11.1 Å². The lowest BCUT2D eigenvalue weighted by molar-refractivity contribution is -0.150. The lowest BCUT2D eigenvalue weighted by atomic mass is 9.94. The SMILES string of the molecule is C=C(CO)C(=O)OCOc1cc(OCCOC(=O)C(C)CO)cc(-c2ccc(CCCCC)cc2CC)c1. The van der Waals surface area contributed by atoms with Gasteiger partial charge in [0, 0.05) is 6.07 Å². The maximum atomic E-state index is 11.8. The molecule has 0 spiro atoms. The monoisotopic (exact) mass is 528 g/mol. The summed E-state index contributed by atoms with van der Waals surface area (Å²) in [6, 6.07) is 11.9. The topological polar surface area (TPSA) is 112 Å². The van der Waals surface area contributed by atoms with Crippen molar-refractivity contribution in [2.45, 2.75) is 52.9 Å². The summed E-state index contributed by atoms with van der Waals surface area (Å²) in [4.78, 5) is 23.6. The van der Waals surface area contributed by atoms with Gasteiger partial charge in [-0.05, 0) is 60.6 Å². The molecule has 8 heteroatoms. The number of hydrogen-bond acceptors (Lipinski definition) is 8. The molecule has 0 saturated carbocycles. The molecule has 0 saturated heterocycles. The van der Waals surface area contributed by atoms with Crippen molar-refractivity contribution in [3.05, 3.63) is 59.7 Å². The summed E-state index contributed by atoms with van der Waals surface area (Å²) in [6.45, 7) is 8.31. The lowest BCUT2D eigenvalue weighted by Crippen LogP contribution is -2.20. The number of aryl methyl sites for hydroxylation is 2. The van der Waals surface area contributed by atoms with Crippen molar-refractivity contribution in [3.8, 4) is 22.6 Å². The minimum Gasteiger partial charge on any atom is -0.490 e. The minimum atomic E-state index is -0.744. The number of unbranched alkanes of at least 4 members (excludes halogenated alkanes) is 2. The van der Waals surface area contributed by atoms with Crippen LogP contribution in [0.4, 0.5) is 0 Å². The molecule has 38 heavy (non-hydrogen) atoms. The second-order valence-electron chi connectivity index (χ2n) is 9.05. The van der Waals surface area contributed by atoms with Crippen LogP contribution in [0.2, 0.25) is 0 Å². The maximum absolute atomic E-state index is 11.8. The van der Waals surface area contributed by atoms with Gasteiger partial charge in [0.1, 0.15) is 24.7 Å². The quantitative estimate of drug-likeness (QED) is 0.132. The van der Waals surface area contributed by atoms with E-state index in [2.05, 4.69) is 38.6 Å². The average Bonchev–Trinajstić information content (AvgIpc) is 2.94. The molecule has 8 nitrogen and oxygen atoms in total. The molecule has 2 aromatic carbocycles. The van der Waals surface area contributed by atoms with Crippen LogP contribution in [0, 0.1) is 5.92 Å². The Morgan fingerprint density at radius 1 is 0.947 bits per heavy atom. The Morgan fingerprint density at radius 2 is 1.68 bits per heavy atom. The first-order valence-corrected chi connectivity index (χ1v) is 13.1. The molecule has 1 atom stereocenters. The molecule has 0 aromatic heterocycles. The summed E-state index contributed by atoms with van der Waals surface area (Å²) in [7, 11) is 0. The van der Waals surface area contributed by atoms with Crippen LogP contribution < -0.4 is 9.47 Å². The van der Waals surface area contributed by atoms with Gasteiger partial charge in [-0.1, -0.05) is 51.5 Å². The number of esters is 2. The van der Waals surface area contributed by atoms with Crippen molar-refractivity contribution >= 4 is 11.9 Å². The van der Waals surface area contributed by atoms with Gasteiger partial charge in [0.05, 0.1) is 24.7 Å². The van der Waals surface area contributed by atoms with Gasteiger partial charge in [0.2, 0.25) is 6.79 Å². The molecule has 0 fully saturated rings. The van der Waals surface area contributed by atoms with E-state index in [9.17, 15) is 9.59 Å². The number of carbonyl (C=O) groups excluding carboxylic acids is 2. The van der Waals surface area contributed by atoms with Crippen molar-refractivity contribution in [3.63, 3.8) is 0 Å². The van der Waals surface area contributed by atoms with Crippen molar-refractivity contribution in [1.82, 2.24) is 0 Å². The number of ether oxygens (including phenoxy) is 4. The molecular formula is C30H40O8. The number of aliphatic hydroxyl groups is 2. The number of rotatable bonds is 17. The van der Waals surface area contributed by atoms with E-state index in [0.29, 0.717) is 11.5 Å². The van der Waals surface area contributed by atoms with Crippen LogP contribution >= 0.6 is 0 Å². The molecule has 2 aromatic rings. The van der Waals surface area contributed by atoms with Crippen LogP contribution in [-0.4, -0.2) is 55.4 Å². The van der Waals surface area contributed by atoms with Crippen LogP contribution in [0.5, 0.6) is 11.5 Å². The highest BCUT2D eigenvalue weighted by molar-refractivity contribution is 5.87. The van der Waals surface area contributed by atoms with E-state index in [1.165, 1.54) is 24.0 Å². The normalized spacial score (nSPS) is 11.5. The highest BCUT2D eigenvalue weighted by Gasteiger charge is 2.14. The molecule has 0 aliphatic heterocycles. The Hall–Kier alpha value is -3.36. The molecule has 2 N–H and O–H groups in total. The van der Waals surface area contributed by atoms with Gasteiger partial charge in [-0.15, -0.1) is 0 Å². The minimum absolute atomic E-state index is 0.0249. The lowest BCUT2D eigenvalue weighted by Gasteiger charge is -2.16. The zero-order valence-corrected chi connectivity index (χ0v) is 22.7. The van der Waals surface area contributed by atoms with Crippen LogP contribution in [0.15, 0.2) is 48.6 Å². The Morgan fingerprint density at radius 3 is 2.34 bits per heavy atom. The summed E-state index contributed by atoms with van der Waals surface area (Å²) in [5, 5.41) is 18.1. The van der Waals surface area contributed by atoms with E-state index in [0.717, 1.165) is 30.4 Å². The molecule has 208 valence electrons. The van der Waals surface area contributed by atoms with Crippen molar-refractivity contribution in [2.75, 3.05) is 33.2 Å². The van der Waals surface area contributed by atoms with Gasteiger partial charge < -0.3 is 29.2 Å². The summed E-state index contributed by atoms with van der Waals surface area (Å²) in [5.41, 5.74) is 4.34. The van der Waals surface area contributed by atoms with E-state index >= 15 is 0 Å². The van der Waals surface area contributed by atoms with Crippen LogP contribution in [-0.2, 0) is 31.9 Å². The predicted octanol–water partition coefficient (Wildman–Crippen LogP) is 4.63. The van der Waals surface area contributed by atoms with Gasteiger partial charge in [-0.3, -0.25) is 4.79 Å². The Bertz CT molecular complexity index is 1060. The maximum Gasteiger partial charge on any atom is 0.338 e. The highest BCUT2D eigenvalue weighted by Crippen LogP contribution is 2.33. The third-order valence-corrected chi connectivity index (χ3v) is 5.98. The highest BCUT2D eigenvalue weighted by atomic mass is 16.7. The summed E-state index contributed by atoms with van der Waals surface area (Å²) < 4.78 is 21.7. The Balaban J connectivity index is 2.23. The fraction of sp³-hybridized carbons (Fsp3) is 0.467. The average molecular weight is 529 g/mol. The Labute approximate surface area is 225 Å². The fourth-order valence-corrected chi connectivity index (χ4v) is 3.69. The zero-order valence-electron chi connectivity index (χ0n) is 22.7. The first-order chi connectivity index (χ1) is 18.3. The number of hydrogen-bond donors (Lipinski definition) is 2. The van der Waals surface area contributed by atoms with E-state index < -0.39 is 24.5 Å². The van der Waals surface area contributed by atoms with Gasteiger partial charge in [-0.25, -0.2) is 4.79 Å². The first kappa shape index (κ1) is 30.9. The van der Waals surface area contributed by atoms with Crippen LogP contribution in [0.1, 0.15) is 51.2 Å². The molecule has 0 radical (unpaired) electrons. The summed E-state index contributed by atoms with van der Waals surface area (Å²) in [6.07, 6.45) is 5.42. The molecule has 0 aliphatic rings. The predicted molar refractivity (Wildman–Crippen MR) is 145 cm³/mol. The van der Waals surface area contributed by atoms with Crippen molar-refractivity contribution < 1.29 is 38.7 Å². The van der Waals surface area contributed by atoms with Gasteiger partial charge >= 0.3 is 11.9 Å². The molecular weight excluding hydrogens is 488 g/mol. The molecule has 0 heterocycles. The second-order valence-corrected chi connectivity index (χ2v) is 9.05. The molecule has 0 amide bonds. The van der Waals surface area contributed by atoms with E-state index in [1.54, 1.807) is 13.0 Å². The molecule has 2 rings (SSSR count). The molecule has 0 aliphatic carbocycles. The van der Waals surface area contributed by atoms with Gasteiger partial charge in [0.25, 0.3) is 0 Å². The number of carbonyl (C=O) groups is 2. The zero-order chi connectivity index (χ0) is 27.9. The Kier molecular flexibility index (Phi) is 13.4. The van der Waals surface area contributed by atoms with E-state index in [4.69, 9.17) is 29.2 Å². The molecule has 0 bridgehead atoms. The second kappa shape index (κ2) is 16.5. The van der Waals surface area contributed by atoms with E-state index in [1.807, 2.05) is 12.1 Å². The third-order valence-electron chi connectivity index (χ3n) is 5.98. The van der Waals surface area contributed by atoms with Crippen LogP contribution in [0.3, 0.4) is 0 Å². The van der Waals surface area contributed by atoms with Crippen molar-refractivity contribution in [1.29, 1.82) is 0 Å². The summed E-state index contributed by atoms with van der Waals surface area (Å²) >= 11 is 0. The van der Waals surface area contributed by atoms with Gasteiger partial charge in [-0.2, -0.15) is 0 Å². The summed E-state index contributed by atoms with van der Waals surface area (Å²) in [5.74, 6) is -0.929. The smallest absolute Gasteiger partial charge is 0.338 e. The number of aliphatic hydroxyl groups excluding tert-OH is 2. The van der Waals surface area contributed by atoms with Gasteiger partial charge in [0.15, 0.2) is 0 Å². The number of benzene rings is 2. The molecule has 1 unspecified atom stereocenters. The fourth-order valence-electron chi connectivity index (χ4n) is 3.69. The van der Waals surface area contributed by atoms with E-state index in [-0.39, 0.29) is 32.2 Å².